The molecule has 0 atom stereocenters. The number of para-hydroxylation sites is 1. The van der Waals surface area contributed by atoms with Gasteiger partial charge < -0.3 is 15.4 Å². The highest BCUT2D eigenvalue weighted by molar-refractivity contribution is 6.44. The lowest BCUT2D eigenvalue weighted by Crippen LogP contribution is -2.29. The second-order valence-corrected chi connectivity index (χ2v) is 5.28. The molecule has 2 aromatic carbocycles. The molecule has 0 saturated carbocycles. The minimum atomic E-state index is -1.08. The maximum absolute atomic E-state index is 12.0. The Morgan fingerprint density at radius 3 is 2.38 bits per heavy atom. The number of amides is 2. The number of nitrogens with zero attached hydrogens (tertiary/aromatic N) is 1. The molecule has 2 aromatic rings. The number of anilines is 2. The van der Waals surface area contributed by atoms with E-state index < -0.39 is 28.4 Å². The Balaban J connectivity index is 2.14. The number of methoxy groups -OCH3 is 1. The van der Waals surface area contributed by atoms with Gasteiger partial charge in [0.2, 0.25) is 0 Å². The number of benzene rings is 2. The normalized spacial score (nSPS) is 9.92. The summed E-state index contributed by atoms with van der Waals surface area (Å²) in [6.07, 6.45) is 0. The van der Waals surface area contributed by atoms with Crippen molar-refractivity contribution < 1.29 is 24.0 Å². The summed E-state index contributed by atoms with van der Waals surface area (Å²) in [5, 5.41) is 15.2. The van der Waals surface area contributed by atoms with Crippen molar-refractivity contribution in [2.45, 2.75) is 0 Å². The van der Waals surface area contributed by atoms with Gasteiger partial charge in [0, 0.05) is 11.8 Å². The van der Waals surface area contributed by atoms with Crippen molar-refractivity contribution in [2.75, 3.05) is 17.7 Å². The summed E-state index contributed by atoms with van der Waals surface area (Å²) in [4.78, 5) is 45.8. The van der Waals surface area contributed by atoms with Crippen molar-refractivity contribution in [2.24, 2.45) is 0 Å². The van der Waals surface area contributed by atoms with Crippen LogP contribution in [0.15, 0.2) is 42.5 Å². The van der Waals surface area contributed by atoms with Gasteiger partial charge >= 0.3 is 17.8 Å². The summed E-state index contributed by atoms with van der Waals surface area (Å²) < 4.78 is 4.59. The second-order valence-electron chi connectivity index (χ2n) is 4.87. The van der Waals surface area contributed by atoms with Gasteiger partial charge in [0.25, 0.3) is 5.69 Å². The number of halogens is 1. The Bertz CT molecular complexity index is 899. The topological polar surface area (TPSA) is 128 Å². The van der Waals surface area contributed by atoms with E-state index in [1.807, 2.05) is 0 Å². The Hall–Kier alpha value is -3.46. The molecule has 0 aliphatic heterocycles. The smallest absolute Gasteiger partial charge is 0.339 e. The minimum absolute atomic E-state index is 0.0162. The van der Waals surface area contributed by atoms with Crippen molar-refractivity contribution in [3.8, 4) is 0 Å². The quantitative estimate of drug-likeness (QED) is 0.365. The molecular formula is C16H12ClN3O6. The predicted octanol–water partition coefficient (Wildman–Crippen LogP) is 2.61. The van der Waals surface area contributed by atoms with Crippen LogP contribution in [-0.4, -0.2) is 29.8 Å². The van der Waals surface area contributed by atoms with E-state index >= 15 is 0 Å². The summed E-state index contributed by atoms with van der Waals surface area (Å²) in [6, 6.07) is 9.52. The molecule has 10 heteroatoms. The van der Waals surface area contributed by atoms with Crippen LogP contribution in [0, 0.1) is 10.1 Å². The lowest BCUT2D eigenvalue weighted by Gasteiger charge is -2.10. The monoisotopic (exact) mass is 377 g/mol. The largest absolute Gasteiger partial charge is 0.465 e. The lowest BCUT2D eigenvalue weighted by atomic mass is 10.2. The highest BCUT2D eigenvalue weighted by Gasteiger charge is 2.20. The highest BCUT2D eigenvalue weighted by Crippen LogP contribution is 2.27. The molecule has 2 rings (SSSR count). The van der Waals surface area contributed by atoms with Crippen LogP contribution in [0.4, 0.5) is 17.1 Å². The van der Waals surface area contributed by atoms with E-state index in [4.69, 9.17) is 11.6 Å². The summed E-state index contributed by atoms with van der Waals surface area (Å²) >= 11 is 5.68. The van der Waals surface area contributed by atoms with E-state index in [2.05, 4.69) is 15.4 Å². The van der Waals surface area contributed by atoms with Crippen LogP contribution in [0.25, 0.3) is 0 Å². The zero-order valence-corrected chi connectivity index (χ0v) is 14.1. The van der Waals surface area contributed by atoms with Gasteiger partial charge in [-0.05, 0) is 24.3 Å². The first kappa shape index (κ1) is 18.9. The molecule has 2 N–H and O–H groups in total. The summed E-state index contributed by atoms with van der Waals surface area (Å²) in [7, 11) is 1.18. The molecule has 0 heterocycles. The number of nitro groups is 1. The molecule has 0 radical (unpaired) electrons. The fraction of sp³-hybridized carbons (Fsp3) is 0.0625. The van der Waals surface area contributed by atoms with Crippen LogP contribution < -0.4 is 10.6 Å². The van der Waals surface area contributed by atoms with E-state index in [1.165, 1.54) is 31.4 Å². The van der Waals surface area contributed by atoms with Gasteiger partial charge in [-0.3, -0.25) is 19.7 Å². The standard InChI is InChI=1S/C16H12ClN3O6/c1-26-16(23)10-4-2-3-5-12(10)19-15(22)14(21)18-9-6-7-11(17)13(8-9)20(24)25/h2-8H,1H3,(H,18,21)(H,19,22). The van der Waals surface area contributed by atoms with Crippen LogP contribution in [-0.2, 0) is 14.3 Å². The number of hydrogen-bond acceptors (Lipinski definition) is 6. The van der Waals surface area contributed by atoms with Crippen molar-refractivity contribution in [3.63, 3.8) is 0 Å². The highest BCUT2D eigenvalue weighted by atomic mass is 35.5. The van der Waals surface area contributed by atoms with Crippen molar-refractivity contribution in [3.05, 3.63) is 63.2 Å². The molecular weight excluding hydrogens is 366 g/mol. The van der Waals surface area contributed by atoms with Crippen LogP contribution in [0.2, 0.25) is 5.02 Å². The van der Waals surface area contributed by atoms with Crippen LogP contribution in [0.5, 0.6) is 0 Å². The Morgan fingerprint density at radius 2 is 1.73 bits per heavy atom. The van der Waals surface area contributed by atoms with Crippen LogP contribution in [0.1, 0.15) is 10.4 Å². The summed E-state index contributed by atoms with van der Waals surface area (Å²) in [6.45, 7) is 0. The van der Waals surface area contributed by atoms with Crippen molar-refractivity contribution in [1.82, 2.24) is 0 Å². The maximum atomic E-state index is 12.0. The zero-order chi connectivity index (χ0) is 19.3. The maximum Gasteiger partial charge on any atom is 0.339 e. The Labute approximate surface area is 152 Å². The third-order valence-corrected chi connectivity index (χ3v) is 3.51. The van der Waals surface area contributed by atoms with Crippen LogP contribution >= 0.6 is 11.6 Å². The van der Waals surface area contributed by atoms with Gasteiger partial charge in [-0.25, -0.2) is 4.79 Å². The van der Waals surface area contributed by atoms with Gasteiger partial charge in [0.1, 0.15) is 5.02 Å². The van der Waals surface area contributed by atoms with E-state index in [-0.39, 0.29) is 22.0 Å². The average Bonchev–Trinajstić information content (AvgIpc) is 2.62. The number of nitrogens with one attached hydrogen (secondary N) is 2. The van der Waals surface area contributed by atoms with Gasteiger partial charge in [-0.1, -0.05) is 23.7 Å². The molecule has 0 fully saturated rings. The first-order chi connectivity index (χ1) is 12.3. The molecule has 0 aliphatic rings. The number of nitro benzene ring substituents is 1. The van der Waals surface area contributed by atoms with Gasteiger partial charge in [0.05, 0.1) is 23.3 Å². The Kier molecular flexibility index (Phi) is 5.86. The van der Waals surface area contributed by atoms with Gasteiger partial charge in [0.15, 0.2) is 0 Å². The fourth-order valence-electron chi connectivity index (χ4n) is 1.98. The number of hydrogen-bond donors (Lipinski definition) is 2. The summed E-state index contributed by atoms with van der Waals surface area (Å²) in [5.41, 5.74) is -0.247. The third-order valence-electron chi connectivity index (χ3n) is 3.19. The van der Waals surface area contributed by atoms with E-state index in [1.54, 1.807) is 12.1 Å². The van der Waals surface area contributed by atoms with E-state index in [0.717, 1.165) is 6.07 Å². The van der Waals surface area contributed by atoms with Crippen molar-refractivity contribution >= 4 is 46.4 Å². The molecule has 9 nitrogen and oxygen atoms in total. The number of esters is 1. The van der Waals surface area contributed by atoms with Gasteiger partial charge in [-0.15, -0.1) is 0 Å². The molecule has 26 heavy (non-hydrogen) atoms. The van der Waals surface area contributed by atoms with Gasteiger partial charge in [-0.2, -0.15) is 0 Å². The molecule has 134 valence electrons. The lowest BCUT2D eigenvalue weighted by molar-refractivity contribution is -0.384. The molecule has 0 spiro atoms. The molecule has 0 bridgehead atoms. The third kappa shape index (κ3) is 4.33. The fourth-order valence-corrected chi connectivity index (χ4v) is 2.16. The first-order valence-electron chi connectivity index (χ1n) is 7.07. The molecule has 0 aliphatic carbocycles. The van der Waals surface area contributed by atoms with Crippen LogP contribution in [0.3, 0.4) is 0 Å². The number of carbonyl (C=O) groups excluding carboxylic acids is 3. The molecule has 0 saturated heterocycles. The molecule has 2 amide bonds. The number of carbonyl (C=O) groups is 3. The molecule has 0 unspecified atom stereocenters. The predicted molar refractivity (Wildman–Crippen MR) is 93.1 cm³/mol. The first-order valence-corrected chi connectivity index (χ1v) is 7.45. The summed E-state index contributed by atoms with van der Waals surface area (Å²) in [5.74, 6) is -2.84. The Morgan fingerprint density at radius 1 is 1.08 bits per heavy atom. The molecule has 0 aromatic heterocycles. The zero-order valence-electron chi connectivity index (χ0n) is 13.3. The SMILES string of the molecule is COC(=O)c1ccccc1NC(=O)C(=O)Nc1ccc(Cl)c([N+](=O)[O-])c1. The number of ether oxygens (including phenoxy) is 1. The van der Waals surface area contributed by atoms with E-state index in [9.17, 15) is 24.5 Å². The average molecular weight is 378 g/mol. The number of rotatable bonds is 4. The second kappa shape index (κ2) is 8.08. The van der Waals surface area contributed by atoms with Crippen molar-refractivity contribution in [1.29, 1.82) is 0 Å². The van der Waals surface area contributed by atoms with E-state index in [0.29, 0.717) is 0 Å². The minimum Gasteiger partial charge on any atom is -0.465 e.